The van der Waals surface area contributed by atoms with Crippen LogP contribution in [-0.2, 0) is 9.53 Å². The van der Waals surface area contributed by atoms with E-state index in [0.717, 1.165) is 7.11 Å². The molecule has 2 N–H and O–H groups in total. The number of aliphatic hydroxyl groups excluding tert-OH is 1. The smallest absolute Gasteiger partial charge is 0.336 e. The van der Waals surface area contributed by atoms with E-state index < -0.39 is 18.0 Å². The summed E-state index contributed by atoms with van der Waals surface area (Å²) in [6.07, 6.45) is -1.39. The maximum atomic E-state index is 12.0. The fraction of sp³-hybridized carbons (Fsp3) is 0.583. The zero-order valence-electron chi connectivity index (χ0n) is 11.4. The van der Waals surface area contributed by atoms with Crippen molar-refractivity contribution in [2.24, 2.45) is 0 Å². The van der Waals surface area contributed by atoms with Crippen LogP contribution in [-0.4, -0.2) is 41.9 Å². The molecule has 19 heavy (non-hydrogen) atoms. The number of methoxy groups -OCH3 is 1. The molecule has 0 saturated heterocycles. The van der Waals surface area contributed by atoms with Crippen molar-refractivity contribution in [3.63, 3.8) is 0 Å². The normalized spacial score (nSPS) is 12.3. The Balaban J connectivity index is 2.74. The lowest BCUT2D eigenvalue weighted by Gasteiger charge is -2.10. The minimum atomic E-state index is -1.39. The Bertz CT molecular complexity index is 467. The summed E-state index contributed by atoms with van der Waals surface area (Å²) in [6.45, 7) is 5.18. The second-order valence-corrected chi connectivity index (χ2v) is 4.41. The van der Waals surface area contributed by atoms with Crippen molar-refractivity contribution in [1.82, 2.24) is 10.5 Å². The Labute approximate surface area is 110 Å². The highest BCUT2D eigenvalue weighted by molar-refractivity contribution is 5.96. The lowest BCUT2D eigenvalue weighted by molar-refractivity contribution is -0.149. The molecule has 0 bridgehead atoms. The number of aryl methyl sites for hydroxylation is 1. The van der Waals surface area contributed by atoms with E-state index in [0.29, 0.717) is 17.0 Å². The zero-order valence-corrected chi connectivity index (χ0v) is 11.4. The fourth-order valence-corrected chi connectivity index (χ4v) is 1.55. The SMILES string of the molecule is COC(=O)C(O)CNC(=O)c1c(C)noc1C(C)C. The number of carbonyl (C=O) groups is 2. The molecule has 1 atom stereocenters. The number of rotatable bonds is 5. The van der Waals surface area contributed by atoms with Crippen LogP contribution in [0.5, 0.6) is 0 Å². The van der Waals surface area contributed by atoms with Gasteiger partial charge in [0.15, 0.2) is 11.9 Å². The standard InChI is InChI=1S/C12H18N2O5/c1-6(2)10-9(7(3)14-19-10)11(16)13-5-8(15)12(17)18-4/h6,8,15H,5H2,1-4H3,(H,13,16). The van der Waals surface area contributed by atoms with Crippen LogP contribution in [0.3, 0.4) is 0 Å². The van der Waals surface area contributed by atoms with E-state index in [9.17, 15) is 14.7 Å². The number of hydrogen-bond donors (Lipinski definition) is 2. The van der Waals surface area contributed by atoms with Gasteiger partial charge < -0.3 is 19.7 Å². The number of aliphatic hydroxyl groups is 1. The molecule has 0 aliphatic heterocycles. The highest BCUT2D eigenvalue weighted by Crippen LogP contribution is 2.21. The number of hydrogen-bond acceptors (Lipinski definition) is 6. The zero-order chi connectivity index (χ0) is 14.6. The second kappa shape index (κ2) is 6.33. The fourth-order valence-electron chi connectivity index (χ4n) is 1.55. The summed E-state index contributed by atoms with van der Waals surface area (Å²) in [5, 5.41) is 15.6. The third-order valence-electron chi connectivity index (χ3n) is 2.57. The van der Waals surface area contributed by atoms with Gasteiger partial charge in [-0.15, -0.1) is 0 Å². The molecule has 1 unspecified atom stereocenters. The largest absolute Gasteiger partial charge is 0.467 e. The lowest BCUT2D eigenvalue weighted by atomic mass is 10.0. The van der Waals surface area contributed by atoms with Crippen molar-refractivity contribution >= 4 is 11.9 Å². The molecule has 0 saturated carbocycles. The summed E-state index contributed by atoms with van der Waals surface area (Å²) < 4.78 is 9.44. The van der Waals surface area contributed by atoms with Crippen LogP contribution in [0.15, 0.2) is 4.52 Å². The summed E-state index contributed by atoms with van der Waals surface area (Å²) in [4.78, 5) is 23.0. The molecule has 1 aromatic heterocycles. The summed E-state index contributed by atoms with van der Waals surface area (Å²) in [5.74, 6) is -0.758. The van der Waals surface area contributed by atoms with E-state index >= 15 is 0 Å². The van der Waals surface area contributed by atoms with E-state index in [-0.39, 0.29) is 12.5 Å². The van der Waals surface area contributed by atoms with Crippen LogP contribution < -0.4 is 5.32 Å². The number of esters is 1. The van der Waals surface area contributed by atoms with Crippen LogP contribution in [0.2, 0.25) is 0 Å². The second-order valence-electron chi connectivity index (χ2n) is 4.41. The van der Waals surface area contributed by atoms with Crippen molar-refractivity contribution < 1.29 is 24.0 Å². The molecule has 106 valence electrons. The van der Waals surface area contributed by atoms with Gasteiger partial charge in [0, 0.05) is 5.92 Å². The molecule has 1 rings (SSSR count). The number of amides is 1. The van der Waals surface area contributed by atoms with Gasteiger partial charge in [0.2, 0.25) is 0 Å². The van der Waals surface area contributed by atoms with Gasteiger partial charge in [-0.25, -0.2) is 4.79 Å². The van der Waals surface area contributed by atoms with Gasteiger partial charge in [0.05, 0.1) is 19.3 Å². The van der Waals surface area contributed by atoms with Gasteiger partial charge in [0.25, 0.3) is 5.91 Å². The molecule has 1 heterocycles. The molecule has 0 spiro atoms. The minimum Gasteiger partial charge on any atom is -0.467 e. The molecular weight excluding hydrogens is 252 g/mol. The number of carbonyl (C=O) groups excluding carboxylic acids is 2. The monoisotopic (exact) mass is 270 g/mol. The van der Waals surface area contributed by atoms with Crippen molar-refractivity contribution in [1.29, 1.82) is 0 Å². The molecular formula is C12H18N2O5. The molecule has 0 radical (unpaired) electrons. The van der Waals surface area contributed by atoms with Gasteiger partial charge in [-0.3, -0.25) is 4.79 Å². The average Bonchev–Trinajstić information content (AvgIpc) is 2.76. The predicted octanol–water partition coefficient (Wildman–Crippen LogP) is 0.370. The molecule has 1 amide bonds. The van der Waals surface area contributed by atoms with Crippen molar-refractivity contribution in [2.45, 2.75) is 32.8 Å². The first-order chi connectivity index (χ1) is 8.88. The first-order valence-corrected chi connectivity index (χ1v) is 5.88. The number of nitrogens with one attached hydrogen (secondary N) is 1. The maximum absolute atomic E-state index is 12.0. The Morgan fingerprint density at radius 1 is 1.47 bits per heavy atom. The first-order valence-electron chi connectivity index (χ1n) is 5.88. The molecule has 0 aromatic carbocycles. The van der Waals surface area contributed by atoms with Crippen LogP contribution in [0.25, 0.3) is 0 Å². The van der Waals surface area contributed by atoms with Gasteiger partial charge >= 0.3 is 5.97 Å². The number of nitrogens with zero attached hydrogens (tertiary/aromatic N) is 1. The third-order valence-corrected chi connectivity index (χ3v) is 2.57. The molecule has 0 fully saturated rings. The molecule has 0 aliphatic carbocycles. The van der Waals surface area contributed by atoms with Gasteiger partial charge in [-0.2, -0.15) is 0 Å². The third kappa shape index (κ3) is 3.54. The van der Waals surface area contributed by atoms with Gasteiger partial charge in [0.1, 0.15) is 5.56 Å². The van der Waals surface area contributed by atoms with E-state index in [1.165, 1.54) is 0 Å². The molecule has 0 aliphatic rings. The highest BCUT2D eigenvalue weighted by atomic mass is 16.5. The van der Waals surface area contributed by atoms with E-state index in [4.69, 9.17) is 4.52 Å². The topological polar surface area (TPSA) is 102 Å². The molecule has 7 heteroatoms. The Kier molecular flexibility index (Phi) is 5.05. The van der Waals surface area contributed by atoms with E-state index in [1.54, 1.807) is 6.92 Å². The van der Waals surface area contributed by atoms with Crippen molar-refractivity contribution in [3.8, 4) is 0 Å². The Morgan fingerprint density at radius 2 is 2.11 bits per heavy atom. The average molecular weight is 270 g/mol. The molecule has 1 aromatic rings. The summed E-state index contributed by atoms with van der Waals surface area (Å²) in [5.41, 5.74) is 0.806. The van der Waals surface area contributed by atoms with Gasteiger partial charge in [-0.05, 0) is 6.92 Å². The number of ether oxygens (including phenoxy) is 1. The van der Waals surface area contributed by atoms with Crippen LogP contribution >= 0.6 is 0 Å². The van der Waals surface area contributed by atoms with Crippen molar-refractivity contribution in [3.05, 3.63) is 17.0 Å². The first kappa shape index (κ1) is 15.2. The number of aromatic nitrogens is 1. The summed E-state index contributed by atoms with van der Waals surface area (Å²) in [6, 6.07) is 0. The predicted molar refractivity (Wildman–Crippen MR) is 65.7 cm³/mol. The van der Waals surface area contributed by atoms with Crippen molar-refractivity contribution in [2.75, 3.05) is 13.7 Å². The molecule has 7 nitrogen and oxygen atoms in total. The highest BCUT2D eigenvalue weighted by Gasteiger charge is 2.24. The Morgan fingerprint density at radius 3 is 2.63 bits per heavy atom. The Hall–Kier alpha value is -1.89. The van der Waals surface area contributed by atoms with Gasteiger partial charge in [-0.1, -0.05) is 19.0 Å². The maximum Gasteiger partial charge on any atom is 0.336 e. The van der Waals surface area contributed by atoms with E-state index in [1.807, 2.05) is 13.8 Å². The van der Waals surface area contributed by atoms with Crippen LogP contribution in [0.1, 0.15) is 41.6 Å². The summed E-state index contributed by atoms with van der Waals surface area (Å²) in [7, 11) is 1.16. The quantitative estimate of drug-likeness (QED) is 0.749. The van der Waals surface area contributed by atoms with E-state index in [2.05, 4.69) is 15.2 Å². The lowest BCUT2D eigenvalue weighted by Crippen LogP contribution is -2.37. The van der Waals surface area contributed by atoms with Crippen LogP contribution in [0.4, 0.5) is 0 Å². The summed E-state index contributed by atoms with van der Waals surface area (Å²) >= 11 is 0. The van der Waals surface area contributed by atoms with Crippen LogP contribution in [0, 0.1) is 6.92 Å². The minimum absolute atomic E-state index is 0.00693.